The minimum absolute atomic E-state index is 0.00824. The zero-order valence-corrected chi connectivity index (χ0v) is 8.12. The number of methoxy groups -OCH3 is 1. The molecule has 72 valence electrons. The molecule has 0 saturated carbocycles. The Morgan fingerprint density at radius 2 is 2.23 bits per heavy atom. The van der Waals surface area contributed by atoms with Crippen LogP contribution in [0.1, 0.15) is 0 Å². The predicted octanol–water partition coefficient (Wildman–Crippen LogP) is 1.63. The van der Waals surface area contributed by atoms with Crippen LogP contribution in [0.25, 0.3) is 0 Å². The molecular formula is C7H6Cl2FNO2. The highest BCUT2D eigenvalue weighted by Gasteiger charge is 2.34. The highest BCUT2D eigenvalue weighted by atomic mass is 35.5. The van der Waals surface area contributed by atoms with Gasteiger partial charge in [0.1, 0.15) is 5.70 Å². The quantitative estimate of drug-likeness (QED) is 0.419. The summed E-state index contributed by atoms with van der Waals surface area (Å²) in [5, 5.41) is 2.27. The second-order valence-corrected chi connectivity index (χ2v) is 3.61. The van der Waals surface area contributed by atoms with E-state index in [0.29, 0.717) is 0 Å². The number of hydrogen-bond acceptors (Lipinski definition) is 3. The molecular weight excluding hydrogens is 220 g/mol. The Morgan fingerprint density at radius 1 is 1.62 bits per heavy atom. The molecule has 1 aliphatic rings. The maximum Gasteiger partial charge on any atom is 0.354 e. The van der Waals surface area contributed by atoms with Gasteiger partial charge in [-0.15, -0.1) is 0 Å². The van der Waals surface area contributed by atoms with E-state index < -0.39 is 16.3 Å². The summed E-state index contributed by atoms with van der Waals surface area (Å²) in [5.74, 6) is -1.43. The van der Waals surface area contributed by atoms with Gasteiger partial charge in [0, 0.05) is 0 Å². The summed E-state index contributed by atoms with van der Waals surface area (Å²) in [4.78, 5) is 10.9. The number of carbonyl (C=O) groups is 1. The summed E-state index contributed by atoms with van der Waals surface area (Å²) < 4.78 is 15.3. The summed E-state index contributed by atoms with van der Waals surface area (Å²) >= 11 is 11.0. The molecule has 6 heteroatoms. The van der Waals surface area contributed by atoms with Gasteiger partial charge in [0.25, 0.3) is 0 Å². The average Bonchev–Trinajstić information content (AvgIpc) is 2.08. The smallest absolute Gasteiger partial charge is 0.354 e. The number of allylic oxidation sites excluding steroid dienone is 2. The standard InChI is InChI=1S/C7H6Cl2FNO2/c1-13-6(12)4-2-3-5(10)7(8,9)11-4/h2-3,11H,1H3. The molecule has 3 nitrogen and oxygen atoms in total. The van der Waals surface area contributed by atoms with Crippen LogP contribution in [0.2, 0.25) is 0 Å². The van der Waals surface area contributed by atoms with Crippen LogP contribution in [0.15, 0.2) is 23.7 Å². The topological polar surface area (TPSA) is 38.3 Å². The molecule has 0 aliphatic carbocycles. The zero-order valence-electron chi connectivity index (χ0n) is 6.61. The number of dihydropyridines is 1. The van der Waals surface area contributed by atoms with Crippen molar-refractivity contribution in [2.45, 2.75) is 4.46 Å². The van der Waals surface area contributed by atoms with E-state index in [2.05, 4.69) is 10.1 Å². The average molecular weight is 226 g/mol. The van der Waals surface area contributed by atoms with Crippen LogP contribution in [-0.4, -0.2) is 17.5 Å². The number of ether oxygens (including phenoxy) is 1. The number of halogens is 3. The molecule has 1 heterocycles. The molecule has 0 spiro atoms. The molecule has 0 aromatic rings. The maximum atomic E-state index is 12.8. The summed E-state index contributed by atoms with van der Waals surface area (Å²) in [6.45, 7) is 0. The first-order chi connectivity index (χ1) is 5.97. The second-order valence-electron chi connectivity index (χ2n) is 2.29. The lowest BCUT2D eigenvalue weighted by Crippen LogP contribution is -2.39. The Kier molecular flexibility index (Phi) is 2.83. The number of carbonyl (C=O) groups excluding carboxylic acids is 1. The van der Waals surface area contributed by atoms with Gasteiger partial charge in [0.05, 0.1) is 7.11 Å². The normalized spacial score (nSPS) is 19.7. The monoisotopic (exact) mass is 225 g/mol. The van der Waals surface area contributed by atoms with E-state index in [9.17, 15) is 9.18 Å². The van der Waals surface area contributed by atoms with Crippen LogP contribution in [0.5, 0.6) is 0 Å². The van der Waals surface area contributed by atoms with E-state index in [1.165, 1.54) is 13.2 Å². The van der Waals surface area contributed by atoms with Gasteiger partial charge in [-0.25, -0.2) is 9.18 Å². The fourth-order valence-corrected chi connectivity index (χ4v) is 1.09. The molecule has 0 atom stereocenters. The van der Waals surface area contributed by atoms with Crippen LogP contribution in [0.4, 0.5) is 4.39 Å². The lowest BCUT2D eigenvalue weighted by atomic mass is 10.3. The molecule has 0 amide bonds. The Balaban J connectivity index is 2.89. The number of rotatable bonds is 1. The van der Waals surface area contributed by atoms with Crippen molar-refractivity contribution < 1.29 is 13.9 Å². The van der Waals surface area contributed by atoms with Crippen LogP contribution >= 0.6 is 23.2 Å². The van der Waals surface area contributed by atoms with E-state index in [1.807, 2.05) is 0 Å². The number of nitrogens with one attached hydrogen (secondary N) is 1. The van der Waals surface area contributed by atoms with Crippen LogP contribution in [0, 0.1) is 0 Å². The molecule has 0 unspecified atom stereocenters. The third-order valence-corrected chi connectivity index (χ3v) is 1.94. The van der Waals surface area contributed by atoms with E-state index in [0.717, 1.165) is 6.08 Å². The van der Waals surface area contributed by atoms with Crippen molar-refractivity contribution in [2.24, 2.45) is 0 Å². The molecule has 1 rings (SSSR count). The van der Waals surface area contributed by atoms with Crippen molar-refractivity contribution in [1.82, 2.24) is 5.32 Å². The fourth-order valence-electron chi connectivity index (χ4n) is 0.761. The van der Waals surface area contributed by atoms with Gasteiger partial charge < -0.3 is 10.1 Å². The summed E-state index contributed by atoms with van der Waals surface area (Å²) in [5.41, 5.74) is 0.00824. The number of alkyl halides is 2. The first-order valence-corrected chi connectivity index (χ1v) is 4.05. The van der Waals surface area contributed by atoms with Crippen molar-refractivity contribution in [3.8, 4) is 0 Å². The maximum absolute atomic E-state index is 12.8. The van der Waals surface area contributed by atoms with E-state index in [1.54, 1.807) is 0 Å². The van der Waals surface area contributed by atoms with Crippen molar-refractivity contribution in [2.75, 3.05) is 7.11 Å². The molecule has 0 fully saturated rings. The van der Waals surface area contributed by atoms with Crippen molar-refractivity contribution in [1.29, 1.82) is 0 Å². The largest absolute Gasteiger partial charge is 0.464 e. The van der Waals surface area contributed by atoms with Crippen LogP contribution < -0.4 is 5.32 Å². The highest BCUT2D eigenvalue weighted by molar-refractivity contribution is 6.50. The molecule has 0 radical (unpaired) electrons. The zero-order chi connectivity index (χ0) is 10.1. The van der Waals surface area contributed by atoms with Gasteiger partial charge >= 0.3 is 5.97 Å². The highest BCUT2D eigenvalue weighted by Crippen LogP contribution is 2.31. The Hall–Kier alpha value is -0.740. The number of hydrogen-bond donors (Lipinski definition) is 1. The van der Waals surface area contributed by atoms with Crippen molar-refractivity contribution >= 4 is 29.2 Å². The summed E-state index contributed by atoms with van der Waals surface area (Å²) in [6, 6.07) is 0. The van der Waals surface area contributed by atoms with Crippen LogP contribution in [-0.2, 0) is 9.53 Å². The van der Waals surface area contributed by atoms with Crippen molar-refractivity contribution in [3.05, 3.63) is 23.7 Å². The molecule has 1 N–H and O–H groups in total. The predicted molar refractivity (Wildman–Crippen MR) is 46.9 cm³/mol. The Morgan fingerprint density at radius 3 is 2.69 bits per heavy atom. The third kappa shape index (κ3) is 2.14. The van der Waals surface area contributed by atoms with Crippen LogP contribution in [0.3, 0.4) is 0 Å². The molecule has 0 saturated heterocycles. The SMILES string of the molecule is COC(=O)C1=CC=C(F)C(Cl)(Cl)N1. The minimum Gasteiger partial charge on any atom is -0.464 e. The first kappa shape index (κ1) is 10.3. The van der Waals surface area contributed by atoms with E-state index >= 15 is 0 Å². The summed E-state index contributed by atoms with van der Waals surface area (Å²) in [7, 11) is 1.20. The third-order valence-electron chi connectivity index (χ3n) is 1.39. The van der Waals surface area contributed by atoms with Gasteiger partial charge in [-0.3, -0.25) is 0 Å². The van der Waals surface area contributed by atoms with Crippen molar-refractivity contribution in [3.63, 3.8) is 0 Å². The lowest BCUT2D eigenvalue weighted by Gasteiger charge is -2.23. The van der Waals surface area contributed by atoms with E-state index in [-0.39, 0.29) is 5.70 Å². The van der Waals surface area contributed by atoms with Gasteiger partial charge in [-0.2, -0.15) is 0 Å². The first-order valence-electron chi connectivity index (χ1n) is 3.29. The molecule has 13 heavy (non-hydrogen) atoms. The Bertz CT molecular complexity index is 299. The number of esters is 1. The van der Waals surface area contributed by atoms with Gasteiger partial charge in [-0.1, -0.05) is 23.2 Å². The molecule has 0 bridgehead atoms. The molecule has 1 aliphatic heterocycles. The lowest BCUT2D eigenvalue weighted by molar-refractivity contribution is -0.136. The second kappa shape index (κ2) is 3.55. The fraction of sp³-hybridized carbons (Fsp3) is 0.286. The van der Waals surface area contributed by atoms with Gasteiger partial charge in [0.2, 0.25) is 4.46 Å². The minimum atomic E-state index is -1.89. The molecule has 0 aromatic heterocycles. The Labute approximate surface area is 84.1 Å². The molecule has 0 aromatic carbocycles. The van der Waals surface area contributed by atoms with E-state index in [4.69, 9.17) is 23.2 Å². The van der Waals surface area contributed by atoms with Gasteiger partial charge in [0.15, 0.2) is 5.83 Å². The van der Waals surface area contributed by atoms with Gasteiger partial charge in [-0.05, 0) is 12.2 Å². The summed E-state index contributed by atoms with van der Waals surface area (Å²) in [6.07, 6.45) is 2.20.